The van der Waals surface area contributed by atoms with Crippen LogP contribution in [0.4, 0.5) is 0 Å². The fraction of sp³-hybridized carbons (Fsp3) is 0. The summed E-state index contributed by atoms with van der Waals surface area (Å²) in [4.78, 5) is 32.9. The zero-order valence-electron chi connectivity index (χ0n) is 72.7. The molecule has 22 aromatic carbocycles. The van der Waals surface area contributed by atoms with Gasteiger partial charge in [-0.2, -0.15) is 0 Å². The molecule has 0 amide bonds. The van der Waals surface area contributed by atoms with E-state index in [1.807, 2.05) is 12.1 Å². The molecule has 0 spiro atoms. The van der Waals surface area contributed by atoms with Crippen LogP contribution >= 0.6 is 11.3 Å². The third kappa shape index (κ3) is 11.6. The third-order valence-electron chi connectivity index (χ3n) is 27.9. The predicted molar refractivity (Wildman–Crippen MR) is 565 cm³/mol. The van der Waals surface area contributed by atoms with E-state index in [1.54, 1.807) is 11.3 Å². The van der Waals surface area contributed by atoms with E-state index in [0.717, 1.165) is 170 Å². The zero-order valence-corrected chi connectivity index (χ0v) is 73.6. The lowest BCUT2D eigenvalue weighted by Gasteiger charge is -2.14. The highest BCUT2D eigenvalue weighted by Crippen LogP contribution is 2.50. The molecule has 0 saturated carbocycles. The van der Waals surface area contributed by atoms with Gasteiger partial charge in [-0.1, -0.05) is 303 Å². The number of nitrogens with zero attached hydrogens (tertiary/aromatic N) is 9. The number of hydrogen-bond acceptors (Lipinski definition) is 9. The van der Waals surface area contributed by atoms with Gasteiger partial charge in [-0.25, -0.2) is 29.9 Å². The van der Waals surface area contributed by atoms with E-state index in [-0.39, 0.29) is 0 Å². The average Bonchev–Trinajstić information content (AvgIpc) is 1.55. The molecule has 0 fully saturated rings. The van der Waals surface area contributed by atoms with Crippen LogP contribution in [0.5, 0.6) is 0 Å². The molecule has 0 N–H and O–H groups in total. The van der Waals surface area contributed by atoms with Crippen molar-refractivity contribution in [3.05, 3.63) is 431 Å². The van der Waals surface area contributed by atoms with Crippen molar-refractivity contribution in [2.45, 2.75) is 0 Å². The molecule has 30 aromatic rings. The van der Waals surface area contributed by atoms with Gasteiger partial charge >= 0.3 is 0 Å². The first-order valence-corrected chi connectivity index (χ1v) is 46.7. The van der Waals surface area contributed by atoms with Crippen LogP contribution in [0.15, 0.2) is 440 Å². The van der Waals surface area contributed by atoms with Gasteiger partial charge in [0.05, 0.1) is 44.5 Å². The first-order valence-electron chi connectivity index (χ1n) is 45.9. The molecule has 30 rings (SSSR count). The number of aromatic nitrogens is 9. The van der Waals surface area contributed by atoms with Crippen molar-refractivity contribution < 1.29 is 8.83 Å². The Kier molecular flexibility index (Phi) is 16.5. The molecular formula is C124H71N9O2S. The topological polar surface area (TPSA) is 118 Å². The standard InChI is InChI=1S/C65H37N5OS.C59H34N4O/c1-2-20-42(21-3-1)69-53-29-11-8-22-43(53)45-25-14-27-49(60(45)69)64-66-63(67-65(68-64)50-28-15-26-46-44-23-10-13-31-58(44)72-62(46)50)48-32-33-54(61-59(48)47-24-9-12-30-57(47)71-61)70-55-36-40-18-6-4-16-38(40)34-51(55)52-35-39-17-5-7-19-41(39)37-56(52)70;1-3-17-38-33-52-48(30-36(38)15-1)49-31-37-16-2-4-18-39(37)34-53(49)63(52)51-29-28-47(55-46-25-11-12-27-54(46)64-56(51)55)58-60-57(45-26-13-20-35-14-5-7-21-41(35)45)61-59(62-58)50-32-40-19-6-8-22-42(40)43-23-9-10-24-44(43)50/h1-37H;1-34H. The first-order chi connectivity index (χ1) is 67.4. The zero-order chi connectivity index (χ0) is 88.9. The van der Waals surface area contributed by atoms with E-state index in [1.165, 1.54) is 85.5 Å². The van der Waals surface area contributed by atoms with Crippen molar-refractivity contribution >= 4 is 216 Å². The minimum atomic E-state index is 0.565. The Labute approximate surface area is 779 Å². The van der Waals surface area contributed by atoms with Crippen LogP contribution < -0.4 is 0 Å². The van der Waals surface area contributed by atoms with Crippen molar-refractivity contribution in [2.24, 2.45) is 0 Å². The van der Waals surface area contributed by atoms with Gasteiger partial charge in [-0.3, -0.25) is 0 Å². The summed E-state index contributed by atoms with van der Waals surface area (Å²) >= 11 is 1.78. The number of benzene rings is 22. The maximum Gasteiger partial charge on any atom is 0.166 e. The first kappa shape index (κ1) is 75.7. The minimum absolute atomic E-state index is 0.565. The summed E-state index contributed by atoms with van der Waals surface area (Å²) < 4.78 is 23.7. The van der Waals surface area contributed by atoms with Crippen LogP contribution in [0.25, 0.3) is 290 Å². The maximum absolute atomic E-state index is 7.13. The molecule has 0 unspecified atom stereocenters. The second kappa shape index (κ2) is 29.7. The highest BCUT2D eigenvalue weighted by Gasteiger charge is 2.30. The summed E-state index contributed by atoms with van der Waals surface area (Å²) in [5, 5.41) is 29.6. The number of fused-ring (bicyclic) bond motifs is 26. The van der Waals surface area contributed by atoms with Crippen molar-refractivity contribution in [3.8, 4) is 85.4 Å². The lowest BCUT2D eigenvalue weighted by molar-refractivity contribution is 0.666. The van der Waals surface area contributed by atoms with E-state index in [0.29, 0.717) is 34.9 Å². The Morgan fingerprint density at radius 3 is 1.09 bits per heavy atom. The highest BCUT2D eigenvalue weighted by atomic mass is 32.1. The number of thiophene rings is 1. The molecule has 11 nitrogen and oxygen atoms in total. The Bertz CT molecular complexity index is 10200. The van der Waals surface area contributed by atoms with E-state index in [2.05, 4.69) is 432 Å². The summed E-state index contributed by atoms with van der Waals surface area (Å²) in [5.74, 6) is 3.56. The molecular weight excluding hydrogens is 1680 g/mol. The van der Waals surface area contributed by atoms with Crippen LogP contribution in [-0.2, 0) is 0 Å². The Morgan fingerprint density at radius 1 is 0.191 bits per heavy atom. The van der Waals surface area contributed by atoms with Crippen molar-refractivity contribution in [1.82, 2.24) is 43.6 Å². The second-order valence-corrected chi connectivity index (χ2v) is 36.5. The lowest BCUT2D eigenvalue weighted by Crippen LogP contribution is -2.03. The molecule has 0 atom stereocenters. The van der Waals surface area contributed by atoms with E-state index in [9.17, 15) is 0 Å². The smallest absolute Gasteiger partial charge is 0.166 e. The largest absolute Gasteiger partial charge is 0.454 e. The lowest BCUT2D eigenvalue weighted by atomic mass is 9.96. The molecule has 0 aliphatic carbocycles. The SMILES string of the molecule is c1ccc(-n2c3ccccc3c3cccc(-c4nc(-c5cccc6c5sc5ccccc56)nc(-c5ccc(-n6c7cc8ccccc8cc7c7cc8ccccc8cc76)c6oc7ccccc7c56)n4)c32)cc1.c1ccc2cc3c(cc2c1)c1cc2ccccc2cc1n3-c1ccc(-c2nc(-c3cccc4ccccc34)nc(-c3cc4ccccc4c4ccccc34)n2)c2c1oc1ccccc12. The van der Waals surface area contributed by atoms with Gasteiger partial charge < -0.3 is 22.5 Å². The highest BCUT2D eigenvalue weighted by molar-refractivity contribution is 7.26. The van der Waals surface area contributed by atoms with Gasteiger partial charge in [0, 0.05) is 113 Å². The molecule has 0 saturated heterocycles. The molecule has 0 aliphatic heterocycles. The van der Waals surface area contributed by atoms with Crippen molar-refractivity contribution in [2.75, 3.05) is 0 Å². The van der Waals surface area contributed by atoms with Crippen LogP contribution in [0.3, 0.4) is 0 Å². The second-order valence-electron chi connectivity index (χ2n) is 35.4. The molecule has 630 valence electrons. The third-order valence-corrected chi connectivity index (χ3v) is 29.1. The van der Waals surface area contributed by atoms with Crippen LogP contribution in [0.1, 0.15) is 0 Å². The molecule has 8 heterocycles. The summed E-state index contributed by atoms with van der Waals surface area (Å²) in [7, 11) is 0. The normalized spacial score (nSPS) is 12.1. The number of para-hydroxylation sites is 5. The van der Waals surface area contributed by atoms with Gasteiger partial charge in [0.2, 0.25) is 0 Å². The molecule has 12 heteroatoms. The molecule has 136 heavy (non-hydrogen) atoms. The fourth-order valence-corrected chi connectivity index (χ4v) is 23.0. The summed E-state index contributed by atoms with van der Waals surface area (Å²) in [5.41, 5.74) is 18.2. The molecule has 0 bridgehead atoms. The van der Waals surface area contributed by atoms with Gasteiger partial charge in [0.25, 0.3) is 0 Å². The van der Waals surface area contributed by atoms with E-state index < -0.39 is 0 Å². The predicted octanol–water partition coefficient (Wildman–Crippen LogP) is 33.3. The Balaban J connectivity index is 0.000000133. The average molecular weight is 1750 g/mol. The molecule has 0 radical (unpaired) electrons. The summed E-state index contributed by atoms with van der Waals surface area (Å²) in [6, 6.07) is 153. The van der Waals surface area contributed by atoms with Crippen molar-refractivity contribution in [3.63, 3.8) is 0 Å². The maximum atomic E-state index is 7.13. The van der Waals surface area contributed by atoms with Crippen molar-refractivity contribution in [1.29, 1.82) is 0 Å². The monoisotopic (exact) mass is 1750 g/mol. The van der Waals surface area contributed by atoms with Gasteiger partial charge in [-0.15, -0.1) is 11.3 Å². The Hall–Kier alpha value is -18.1. The fourth-order valence-electron chi connectivity index (χ4n) is 21.8. The van der Waals surface area contributed by atoms with Gasteiger partial charge in [0.15, 0.2) is 46.1 Å². The summed E-state index contributed by atoms with van der Waals surface area (Å²) in [6.07, 6.45) is 0. The minimum Gasteiger partial charge on any atom is -0.454 e. The van der Waals surface area contributed by atoms with Gasteiger partial charge in [0.1, 0.15) is 11.2 Å². The molecule has 0 aliphatic rings. The van der Waals surface area contributed by atoms with Crippen LogP contribution in [-0.4, -0.2) is 43.6 Å². The van der Waals surface area contributed by atoms with Crippen LogP contribution in [0.2, 0.25) is 0 Å². The Morgan fingerprint density at radius 2 is 0.551 bits per heavy atom. The van der Waals surface area contributed by atoms with E-state index in [4.69, 9.17) is 38.7 Å². The summed E-state index contributed by atoms with van der Waals surface area (Å²) in [6.45, 7) is 0. The van der Waals surface area contributed by atoms with E-state index >= 15 is 0 Å². The molecule has 8 aromatic heterocycles. The van der Waals surface area contributed by atoms with Crippen LogP contribution in [0, 0.1) is 0 Å². The van der Waals surface area contributed by atoms with Gasteiger partial charge in [-0.05, 0) is 203 Å². The number of rotatable bonds is 9. The number of hydrogen-bond donors (Lipinski definition) is 0. The number of furan rings is 2. The quantitative estimate of drug-likeness (QED) is 0.131.